The van der Waals surface area contributed by atoms with Crippen molar-refractivity contribution >= 4 is 5.69 Å². The molecule has 1 aromatic heterocycles. The van der Waals surface area contributed by atoms with Crippen molar-refractivity contribution in [3.63, 3.8) is 0 Å². The van der Waals surface area contributed by atoms with Crippen molar-refractivity contribution < 1.29 is 4.74 Å². The highest BCUT2D eigenvalue weighted by molar-refractivity contribution is 5.51. The first-order chi connectivity index (χ1) is 10.3. The fourth-order valence-corrected chi connectivity index (χ4v) is 2.72. The Kier molecular flexibility index (Phi) is 4.36. The highest BCUT2D eigenvalue weighted by atomic mass is 16.5. The van der Waals surface area contributed by atoms with Gasteiger partial charge in [-0.25, -0.2) is 0 Å². The van der Waals surface area contributed by atoms with Crippen LogP contribution in [0, 0.1) is 0 Å². The molecule has 0 atom stereocenters. The van der Waals surface area contributed by atoms with Crippen LogP contribution in [-0.2, 0) is 6.54 Å². The van der Waals surface area contributed by atoms with Crippen LogP contribution in [0.5, 0.6) is 5.75 Å². The van der Waals surface area contributed by atoms with Crippen molar-refractivity contribution in [2.75, 3.05) is 38.2 Å². The van der Waals surface area contributed by atoms with Crippen molar-refractivity contribution in [3.8, 4) is 5.75 Å². The van der Waals surface area contributed by atoms with E-state index in [1.54, 1.807) is 7.11 Å². The van der Waals surface area contributed by atoms with Crippen LogP contribution < -0.4 is 9.64 Å². The summed E-state index contributed by atoms with van der Waals surface area (Å²) in [6, 6.07) is 12.5. The number of hydrogen-bond donors (Lipinski definition) is 0. The van der Waals surface area contributed by atoms with Gasteiger partial charge in [-0.05, 0) is 29.8 Å². The molecule has 110 valence electrons. The average molecular weight is 283 g/mol. The van der Waals surface area contributed by atoms with Crippen molar-refractivity contribution in [1.82, 2.24) is 9.88 Å². The second-order valence-electron chi connectivity index (χ2n) is 5.32. The minimum absolute atomic E-state index is 0.923. The van der Waals surface area contributed by atoms with Gasteiger partial charge in [0.25, 0.3) is 0 Å². The first kappa shape index (κ1) is 13.9. The first-order valence-electron chi connectivity index (χ1n) is 7.35. The number of rotatable bonds is 4. The van der Waals surface area contributed by atoms with Crippen LogP contribution >= 0.6 is 0 Å². The van der Waals surface area contributed by atoms with Crippen LogP contribution in [0.15, 0.2) is 48.8 Å². The van der Waals surface area contributed by atoms with Gasteiger partial charge in [-0.2, -0.15) is 0 Å². The maximum absolute atomic E-state index is 5.30. The van der Waals surface area contributed by atoms with Gasteiger partial charge >= 0.3 is 0 Å². The molecule has 0 unspecified atom stereocenters. The number of hydrogen-bond acceptors (Lipinski definition) is 4. The molecule has 4 nitrogen and oxygen atoms in total. The molecule has 0 saturated carbocycles. The van der Waals surface area contributed by atoms with Crippen LogP contribution in [0.4, 0.5) is 5.69 Å². The van der Waals surface area contributed by atoms with Crippen molar-refractivity contribution in [3.05, 3.63) is 54.4 Å². The van der Waals surface area contributed by atoms with Gasteiger partial charge < -0.3 is 9.64 Å². The Hall–Kier alpha value is -2.07. The summed E-state index contributed by atoms with van der Waals surface area (Å²) in [4.78, 5) is 8.98. The molecule has 3 rings (SSSR count). The van der Waals surface area contributed by atoms with Gasteiger partial charge in [0.05, 0.1) is 7.11 Å². The molecule has 1 fully saturated rings. The van der Waals surface area contributed by atoms with E-state index >= 15 is 0 Å². The average Bonchev–Trinajstić information content (AvgIpc) is 2.56. The summed E-state index contributed by atoms with van der Waals surface area (Å²) < 4.78 is 5.30. The zero-order chi connectivity index (χ0) is 14.5. The second-order valence-corrected chi connectivity index (χ2v) is 5.32. The lowest BCUT2D eigenvalue weighted by molar-refractivity contribution is 0.250. The van der Waals surface area contributed by atoms with Gasteiger partial charge in [0.1, 0.15) is 5.75 Å². The van der Waals surface area contributed by atoms with Crippen LogP contribution in [-0.4, -0.2) is 43.2 Å². The summed E-state index contributed by atoms with van der Waals surface area (Å²) >= 11 is 0. The molecule has 2 aromatic rings. The van der Waals surface area contributed by atoms with Crippen LogP contribution in [0.3, 0.4) is 0 Å². The van der Waals surface area contributed by atoms with Crippen LogP contribution in [0.2, 0.25) is 0 Å². The molecule has 0 spiro atoms. The van der Waals surface area contributed by atoms with Gasteiger partial charge in [0.15, 0.2) is 0 Å². The zero-order valence-corrected chi connectivity index (χ0v) is 12.4. The third-order valence-electron chi connectivity index (χ3n) is 3.95. The Morgan fingerprint density at radius 1 is 1.05 bits per heavy atom. The van der Waals surface area contributed by atoms with Gasteiger partial charge in [0.2, 0.25) is 0 Å². The highest BCUT2D eigenvalue weighted by Gasteiger charge is 2.17. The molecule has 4 heteroatoms. The lowest BCUT2D eigenvalue weighted by Crippen LogP contribution is -2.45. The van der Waals surface area contributed by atoms with E-state index in [2.05, 4.69) is 45.1 Å². The predicted molar refractivity (Wildman–Crippen MR) is 84.7 cm³/mol. The van der Waals surface area contributed by atoms with E-state index in [1.165, 1.54) is 11.3 Å². The molecule has 1 aliphatic rings. The first-order valence-corrected chi connectivity index (χ1v) is 7.35. The third kappa shape index (κ3) is 3.52. The number of benzene rings is 1. The number of ether oxygens (including phenoxy) is 1. The molecule has 21 heavy (non-hydrogen) atoms. The monoisotopic (exact) mass is 283 g/mol. The van der Waals surface area contributed by atoms with E-state index in [-0.39, 0.29) is 0 Å². The number of methoxy groups -OCH3 is 1. The number of anilines is 1. The van der Waals surface area contributed by atoms with Gasteiger partial charge in [-0.3, -0.25) is 9.88 Å². The van der Waals surface area contributed by atoms with E-state index in [1.807, 2.05) is 18.5 Å². The molecular formula is C17H21N3O. The van der Waals surface area contributed by atoms with E-state index < -0.39 is 0 Å². The maximum Gasteiger partial charge on any atom is 0.120 e. The molecule has 0 N–H and O–H groups in total. The van der Waals surface area contributed by atoms with E-state index in [4.69, 9.17) is 4.74 Å². The standard InChI is InChI=1S/C17H21N3O/c1-21-17-4-2-3-16(13-17)20-11-9-19(10-12-20)14-15-5-7-18-8-6-15/h2-8,13H,9-12,14H2,1H3. The summed E-state index contributed by atoms with van der Waals surface area (Å²) in [5.74, 6) is 0.923. The molecular weight excluding hydrogens is 262 g/mol. The predicted octanol–water partition coefficient (Wildman–Crippen LogP) is 2.41. The zero-order valence-electron chi connectivity index (χ0n) is 12.4. The van der Waals surface area contributed by atoms with Crippen molar-refractivity contribution in [2.45, 2.75) is 6.54 Å². The Labute approximate surface area is 126 Å². The maximum atomic E-state index is 5.30. The summed E-state index contributed by atoms with van der Waals surface area (Å²) in [6.45, 7) is 5.28. The molecule has 0 aliphatic carbocycles. The second kappa shape index (κ2) is 6.59. The van der Waals surface area contributed by atoms with E-state index in [0.717, 1.165) is 38.5 Å². The largest absolute Gasteiger partial charge is 0.497 e. The summed E-state index contributed by atoms with van der Waals surface area (Å²) in [6.07, 6.45) is 3.73. The topological polar surface area (TPSA) is 28.6 Å². The quantitative estimate of drug-likeness (QED) is 0.861. The number of pyridine rings is 1. The Bertz CT molecular complexity index is 565. The summed E-state index contributed by atoms with van der Waals surface area (Å²) in [5, 5.41) is 0. The molecule has 2 heterocycles. The minimum atomic E-state index is 0.923. The lowest BCUT2D eigenvalue weighted by Gasteiger charge is -2.36. The minimum Gasteiger partial charge on any atom is -0.497 e. The van der Waals surface area contributed by atoms with E-state index in [9.17, 15) is 0 Å². The Morgan fingerprint density at radius 3 is 2.52 bits per heavy atom. The normalized spacial score (nSPS) is 16.0. The van der Waals surface area contributed by atoms with Crippen LogP contribution in [0.1, 0.15) is 5.56 Å². The van der Waals surface area contributed by atoms with Crippen molar-refractivity contribution in [2.24, 2.45) is 0 Å². The van der Waals surface area contributed by atoms with Gasteiger partial charge in [-0.15, -0.1) is 0 Å². The lowest BCUT2D eigenvalue weighted by atomic mass is 10.2. The number of piperazine rings is 1. The molecule has 1 aliphatic heterocycles. The smallest absolute Gasteiger partial charge is 0.120 e. The van der Waals surface area contributed by atoms with Crippen LogP contribution in [0.25, 0.3) is 0 Å². The highest BCUT2D eigenvalue weighted by Crippen LogP contribution is 2.22. The molecule has 0 bridgehead atoms. The molecule has 0 radical (unpaired) electrons. The molecule has 1 aromatic carbocycles. The van der Waals surface area contributed by atoms with Crippen molar-refractivity contribution in [1.29, 1.82) is 0 Å². The number of nitrogens with zero attached hydrogens (tertiary/aromatic N) is 3. The van der Waals surface area contributed by atoms with E-state index in [0.29, 0.717) is 0 Å². The Morgan fingerprint density at radius 2 is 1.81 bits per heavy atom. The number of aromatic nitrogens is 1. The third-order valence-corrected chi connectivity index (χ3v) is 3.95. The molecule has 0 amide bonds. The summed E-state index contributed by atoms with van der Waals surface area (Å²) in [7, 11) is 1.71. The fraction of sp³-hybridized carbons (Fsp3) is 0.353. The van der Waals surface area contributed by atoms with Gasteiger partial charge in [-0.1, -0.05) is 6.07 Å². The van der Waals surface area contributed by atoms with Gasteiger partial charge in [0, 0.05) is 56.9 Å². The fourth-order valence-electron chi connectivity index (χ4n) is 2.72. The SMILES string of the molecule is COc1cccc(N2CCN(Cc3ccncc3)CC2)c1. The summed E-state index contributed by atoms with van der Waals surface area (Å²) in [5.41, 5.74) is 2.58. The molecule has 1 saturated heterocycles. The Balaban J connectivity index is 1.57.